The average molecular weight is 389 g/mol. The zero-order chi connectivity index (χ0) is 20.1. The normalized spacial score (nSPS) is 22.9. The highest BCUT2D eigenvalue weighted by atomic mass is 19.4. The van der Waals surface area contributed by atoms with Crippen molar-refractivity contribution in [3.8, 4) is 11.1 Å². The molecule has 0 spiro atoms. The molecular weight excluding hydrogens is 371 g/mol. The summed E-state index contributed by atoms with van der Waals surface area (Å²) in [6.45, 7) is 2.38. The first-order valence-corrected chi connectivity index (χ1v) is 8.93. The lowest BCUT2D eigenvalue weighted by molar-refractivity contribution is -0.190. The number of rotatable bonds is 3. The molecular formula is C20H18F3N3O2. The van der Waals surface area contributed by atoms with Crippen molar-refractivity contribution in [2.75, 3.05) is 11.6 Å². The third-order valence-corrected chi connectivity index (χ3v) is 5.25. The molecule has 5 nitrogen and oxygen atoms in total. The Kier molecular flexibility index (Phi) is 4.17. The number of anilines is 1. The van der Waals surface area contributed by atoms with Crippen molar-refractivity contribution in [2.45, 2.75) is 38.0 Å². The molecule has 4 rings (SSSR count). The Labute approximate surface area is 159 Å². The van der Waals surface area contributed by atoms with E-state index < -0.39 is 23.7 Å². The number of halogens is 3. The number of esters is 1. The van der Waals surface area contributed by atoms with Crippen LogP contribution in [0.4, 0.5) is 18.9 Å². The Morgan fingerprint density at radius 2 is 1.93 bits per heavy atom. The Hall–Kier alpha value is -2.90. The molecule has 2 atom stereocenters. The number of hydrogen-bond donors (Lipinski definition) is 0. The Balaban J connectivity index is 1.74. The summed E-state index contributed by atoms with van der Waals surface area (Å²) in [4.78, 5) is 12.4. The largest absolute Gasteiger partial charge is 0.464 e. The topological polar surface area (TPSA) is 54.3 Å². The minimum absolute atomic E-state index is 0.0311. The van der Waals surface area contributed by atoms with Gasteiger partial charge in [0.2, 0.25) is 5.54 Å². The van der Waals surface area contributed by atoms with E-state index in [1.807, 2.05) is 30.3 Å². The van der Waals surface area contributed by atoms with Gasteiger partial charge in [-0.25, -0.2) is 9.80 Å². The van der Waals surface area contributed by atoms with Crippen LogP contribution < -0.4 is 5.01 Å². The van der Waals surface area contributed by atoms with E-state index in [1.54, 1.807) is 19.1 Å². The monoisotopic (exact) mass is 389 g/mol. The van der Waals surface area contributed by atoms with Crippen molar-refractivity contribution in [3.63, 3.8) is 0 Å². The zero-order valence-electron chi connectivity index (χ0n) is 15.3. The molecule has 146 valence electrons. The molecule has 2 aromatic carbocycles. The number of fused-ring (bicyclic) bond motifs is 3. The summed E-state index contributed by atoms with van der Waals surface area (Å²) in [6, 6.07) is 11.5. The molecule has 0 saturated carbocycles. The molecule has 0 saturated heterocycles. The van der Waals surface area contributed by atoms with Gasteiger partial charge in [-0.3, -0.25) is 0 Å². The average Bonchev–Trinajstić information content (AvgIpc) is 3.19. The molecule has 0 unspecified atom stereocenters. The molecule has 1 aliphatic carbocycles. The van der Waals surface area contributed by atoms with Gasteiger partial charge in [-0.2, -0.15) is 18.3 Å². The molecule has 0 N–H and O–H groups in total. The van der Waals surface area contributed by atoms with Gasteiger partial charge in [-0.15, -0.1) is 0 Å². The molecule has 0 radical (unpaired) electrons. The zero-order valence-corrected chi connectivity index (χ0v) is 15.3. The highest BCUT2D eigenvalue weighted by molar-refractivity contribution is 5.84. The maximum Gasteiger partial charge on any atom is 0.417 e. The fourth-order valence-corrected chi connectivity index (χ4v) is 3.72. The lowest BCUT2D eigenvalue weighted by atomic mass is 9.92. The predicted octanol–water partition coefficient (Wildman–Crippen LogP) is 4.70. The molecule has 2 aliphatic rings. The van der Waals surface area contributed by atoms with E-state index in [-0.39, 0.29) is 6.61 Å². The van der Waals surface area contributed by atoms with Crippen LogP contribution in [0.5, 0.6) is 0 Å². The smallest absolute Gasteiger partial charge is 0.417 e. The second-order valence-electron chi connectivity index (χ2n) is 7.01. The Morgan fingerprint density at radius 1 is 1.21 bits per heavy atom. The molecule has 0 aromatic heterocycles. The van der Waals surface area contributed by atoms with E-state index in [0.717, 1.165) is 34.2 Å². The fourth-order valence-electron chi connectivity index (χ4n) is 3.72. The first-order chi connectivity index (χ1) is 13.3. The molecule has 2 aromatic rings. The van der Waals surface area contributed by atoms with Gasteiger partial charge in [-0.05, 0) is 54.7 Å². The van der Waals surface area contributed by atoms with Gasteiger partial charge < -0.3 is 4.74 Å². The number of benzene rings is 2. The third kappa shape index (κ3) is 2.66. The first kappa shape index (κ1) is 18.5. The lowest BCUT2D eigenvalue weighted by Gasteiger charge is -2.31. The summed E-state index contributed by atoms with van der Waals surface area (Å²) in [5.74, 6) is -1.00. The van der Waals surface area contributed by atoms with Crippen LogP contribution in [0, 0.1) is 0 Å². The second-order valence-corrected chi connectivity index (χ2v) is 7.01. The van der Waals surface area contributed by atoms with E-state index in [0.29, 0.717) is 12.1 Å². The molecule has 1 heterocycles. The van der Waals surface area contributed by atoms with Crippen molar-refractivity contribution >= 4 is 11.7 Å². The number of carbonyl (C=O) groups excluding carboxylic acids is 1. The third-order valence-electron chi connectivity index (χ3n) is 5.25. The summed E-state index contributed by atoms with van der Waals surface area (Å²) in [5.41, 5.74) is 1.95. The van der Waals surface area contributed by atoms with Gasteiger partial charge in [0.05, 0.1) is 12.3 Å². The number of alkyl halides is 3. The molecule has 28 heavy (non-hydrogen) atoms. The van der Waals surface area contributed by atoms with Gasteiger partial charge in [-0.1, -0.05) is 35.6 Å². The fraction of sp³-hybridized carbons (Fsp3) is 0.350. The van der Waals surface area contributed by atoms with Crippen molar-refractivity contribution in [3.05, 3.63) is 53.6 Å². The molecule has 1 aliphatic heterocycles. The molecule has 8 heteroatoms. The van der Waals surface area contributed by atoms with Crippen molar-refractivity contribution in [1.82, 2.24) is 0 Å². The minimum Gasteiger partial charge on any atom is -0.464 e. The van der Waals surface area contributed by atoms with Crippen molar-refractivity contribution in [2.24, 2.45) is 10.3 Å². The summed E-state index contributed by atoms with van der Waals surface area (Å²) in [5, 5.41) is 8.18. The maximum atomic E-state index is 13.7. The van der Waals surface area contributed by atoms with E-state index in [9.17, 15) is 18.0 Å². The number of carbonyl (C=O) groups is 1. The predicted molar refractivity (Wildman–Crippen MR) is 96.9 cm³/mol. The summed E-state index contributed by atoms with van der Waals surface area (Å²) < 4.78 is 46.0. The van der Waals surface area contributed by atoms with Crippen LogP contribution in [0.15, 0.2) is 52.8 Å². The molecule has 0 fully saturated rings. The quantitative estimate of drug-likeness (QED) is 0.611. The second kappa shape index (κ2) is 6.32. The molecule has 0 amide bonds. The first-order valence-electron chi connectivity index (χ1n) is 8.93. The molecule has 0 bridgehead atoms. The van der Waals surface area contributed by atoms with Crippen LogP contribution in [-0.4, -0.2) is 30.3 Å². The van der Waals surface area contributed by atoms with Crippen LogP contribution in [0.3, 0.4) is 0 Å². The van der Waals surface area contributed by atoms with Gasteiger partial charge in [0.15, 0.2) is 6.04 Å². The van der Waals surface area contributed by atoms with Gasteiger partial charge in [0.1, 0.15) is 0 Å². The van der Waals surface area contributed by atoms with E-state index >= 15 is 0 Å². The van der Waals surface area contributed by atoms with Crippen molar-refractivity contribution in [1.29, 1.82) is 0 Å². The standard InChI is InChI=1S/C20H18F3N3O2/c1-3-28-18(27)17-19(2,20(21,22)23)24-25-26(17)14-8-9-16-13(11-14)10-12-6-4-5-7-15(12)16/h4-9,11,17H,3,10H2,1-2H3/t17-,19+/m1/s1. The van der Waals surface area contributed by atoms with Gasteiger partial charge in [0.25, 0.3) is 0 Å². The van der Waals surface area contributed by atoms with Gasteiger partial charge >= 0.3 is 12.1 Å². The van der Waals surface area contributed by atoms with Crippen LogP contribution in [0.25, 0.3) is 11.1 Å². The highest BCUT2D eigenvalue weighted by Gasteiger charge is 2.65. The number of nitrogens with zero attached hydrogens (tertiary/aromatic N) is 3. The lowest BCUT2D eigenvalue weighted by Crippen LogP contribution is -2.57. The summed E-state index contributed by atoms with van der Waals surface area (Å²) in [6.07, 6.45) is -4.08. The van der Waals surface area contributed by atoms with E-state index in [1.165, 1.54) is 0 Å². The van der Waals surface area contributed by atoms with Crippen LogP contribution in [0.1, 0.15) is 25.0 Å². The van der Waals surface area contributed by atoms with Gasteiger partial charge in [0, 0.05) is 0 Å². The van der Waals surface area contributed by atoms with Crippen LogP contribution >= 0.6 is 0 Å². The van der Waals surface area contributed by atoms with E-state index in [4.69, 9.17) is 4.74 Å². The Morgan fingerprint density at radius 3 is 2.64 bits per heavy atom. The highest BCUT2D eigenvalue weighted by Crippen LogP contribution is 2.45. The summed E-state index contributed by atoms with van der Waals surface area (Å²) in [7, 11) is 0. The van der Waals surface area contributed by atoms with Crippen LogP contribution in [-0.2, 0) is 16.0 Å². The number of hydrogen-bond acceptors (Lipinski definition) is 5. The number of ether oxygens (including phenoxy) is 1. The van der Waals surface area contributed by atoms with E-state index in [2.05, 4.69) is 10.3 Å². The maximum absolute atomic E-state index is 13.7. The Bertz CT molecular complexity index is 973. The van der Waals surface area contributed by atoms with Crippen molar-refractivity contribution < 1.29 is 22.7 Å². The minimum atomic E-state index is -4.75. The SMILES string of the molecule is CCOC(=O)[C@H]1N(c2ccc3c(c2)Cc2ccccc2-3)N=N[C@]1(C)C(F)(F)F. The summed E-state index contributed by atoms with van der Waals surface area (Å²) >= 11 is 0. The van der Waals surface area contributed by atoms with Crippen LogP contribution in [0.2, 0.25) is 0 Å².